The lowest BCUT2D eigenvalue weighted by Gasteiger charge is -2.31. The maximum absolute atomic E-state index is 11.4. The fourth-order valence-electron chi connectivity index (χ4n) is 1.54. The molecule has 0 aliphatic heterocycles. The Morgan fingerprint density at radius 2 is 1.83 bits per heavy atom. The maximum atomic E-state index is 11.4. The minimum Gasteiger partial charge on any atom is -0.394 e. The molecule has 0 aliphatic rings. The zero-order valence-corrected chi connectivity index (χ0v) is 10.9. The van der Waals surface area contributed by atoms with Gasteiger partial charge in [-0.25, -0.2) is 13.6 Å². The van der Waals surface area contributed by atoms with E-state index in [0.717, 1.165) is 0 Å². The maximum Gasteiger partial charge on any atom is 0.240 e. The summed E-state index contributed by atoms with van der Waals surface area (Å²) >= 11 is 0. The molecule has 0 spiro atoms. The van der Waals surface area contributed by atoms with Gasteiger partial charge >= 0.3 is 0 Å². The van der Waals surface area contributed by atoms with E-state index in [1.54, 1.807) is 19.1 Å². The summed E-state index contributed by atoms with van der Waals surface area (Å²) in [4.78, 5) is -0.0651. The highest BCUT2D eigenvalue weighted by atomic mass is 32.2. The zero-order chi connectivity index (χ0) is 13.8. The molecular formula is C11H18N2O4S. The van der Waals surface area contributed by atoms with Gasteiger partial charge in [0.1, 0.15) is 4.90 Å². The minimum absolute atomic E-state index is 0.0651. The van der Waals surface area contributed by atoms with E-state index in [1.165, 1.54) is 12.1 Å². The second-order valence-corrected chi connectivity index (χ2v) is 5.65. The van der Waals surface area contributed by atoms with Crippen molar-refractivity contribution in [2.75, 3.05) is 18.5 Å². The first-order valence-corrected chi connectivity index (χ1v) is 7.05. The van der Waals surface area contributed by atoms with Crippen LogP contribution in [-0.2, 0) is 10.0 Å². The average molecular weight is 274 g/mol. The van der Waals surface area contributed by atoms with Crippen molar-refractivity contribution in [1.29, 1.82) is 0 Å². The third-order valence-corrected chi connectivity index (χ3v) is 3.84. The fraction of sp³-hybridized carbons (Fsp3) is 0.455. The number of rotatable bonds is 6. The predicted molar refractivity (Wildman–Crippen MR) is 68.6 cm³/mol. The molecule has 1 aromatic carbocycles. The average Bonchev–Trinajstić information content (AvgIpc) is 2.35. The summed E-state index contributed by atoms with van der Waals surface area (Å²) in [7, 11) is -3.86. The van der Waals surface area contributed by atoms with Crippen LogP contribution in [0, 0.1) is 0 Å². The van der Waals surface area contributed by atoms with E-state index in [9.17, 15) is 18.6 Å². The van der Waals surface area contributed by atoms with Crippen molar-refractivity contribution in [3.8, 4) is 0 Å². The molecule has 0 atom stereocenters. The lowest BCUT2D eigenvalue weighted by molar-refractivity contribution is 0.132. The van der Waals surface area contributed by atoms with E-state index in [-0.39, 0.29) is 23.8 Å². The number of aliphatic hydroxyl groups excluding tert-OH is 2. The number of primary sulfonamides is 1. The third kappa shape index (κ3) is 3.20. The van der Waals surface area contributed by atoms with Gasteiger partial charge in [-0.05, 0) is 18.6 Å². The monoisotopic (exact) mass is 274 g/mol. The second kappa shape index (κ2) is 5.66. The summed E-state index contributed by atoms with van der Waals surface area (Å²) in [5, 5.41) is 26.6. The number of nitrogens with two attached hydrogens (primary N) is 1. The molecule has 0 fully saturated rings. The van der Waals surface area contributed by atoms with Gasteiger partial charge in [-0.2, -0.15) is 0 Å². The van der Waals surface area contributed by atoms with Gasteiger partial charge in [0.25, 0.3) is 0 Å². The first kappa shape index (κ1) is 14.9. The van der Waals surface area contributed by atoms with Gasteiger partial charge in [0, 0.05) is 0 Å². The van der Waals surface area contributed by atoms with Crippen molar-refractivity contribution in [2.24, 2.45) is 5.14 Å². The van der Waals surface area contributed by atoms with Gasteiger partial charge in [-0.3, -0.25) is 0 Å². The Bertz CT molecular complexity index is 489. The van der Waals surface area contributed by atoms with Gasteiger partial charge in [-0.15, -0.1) is 0 Å². The van der Waals surface area contributed by atoms with Crippen molar-refractivity contribution < 1.29 is 18.6 Å². The lowest BCUT2D eigenvalue weighted by atomic mass is 9.98. The molecule has 5 N–H and O–H groups in total. The quantitative estimate of drug-likeness (QED) is 0.577. The van der Waals surface area contributed by atoms with Crippen molar-refractivity contribution in [3.63, 3.8) is 0 Å². The van der Waals surface area contributed by atoms with E-state index >= 15 is 0 Å². The van der Waals surface area contributed by atoms with E-state index in [0.29, 0.717) is 6.42 Å². The van der Waals surface area contributed by atoms with Crippen LogP contribution < -0.4 is 10.5 Å². The predicted octanol–water partition coefficient (Wildman–Crippen LogP) is -0.121. The molecule has 7 heteroatoms. The van der Waals surface area contributed by atoms with Gasteiger partial charge in [0.15, 0.2) is 0 Å². The molecule has 102 valence electrons. The number of para-hydroxylation sites is 1. The van der Waals surface area contributed by atoms with Crippen molar-refractivity contribution in [3.05, 3.63) is 24.3 Å². The van der Waals surface area contributed by atoms with E-state index in [4.69, 9.17) is 5.14 Å². The largest absolute Gasteiger partial charge is 0.394 e. The molecule has 6 nitrogen and oxygen atoms in total. The molecule has 1 rings (SSSR count). The summed E-state index contributed by atoms with van der Waals surface area (Å²) in [6, 6.07) is 6.10. The van der Waals surface area contributed by atoms with Crippen LogP contribution in [0.3, 0.4) is 0 Å². The van der Waals surface area contributed by atoms with Gasteiger partial charge in [-0.1, -0.05) is 19.1 Å². The summed E-state index contributed by atoms with van der Waals surface area (Å²) in [6.45, 7) is 1.14. The second-order valence-electron chi connectivity index (χ2n) is 4.12. The van der Waals surface area contributed by atoms with Crippen LogP contribution in [0.25, 0.3) is 0 Å². The number of anilines is 1. The molecule has 0 saturated carbocycles. The number of benzene rings is 1. The van der Waals surface area contributed by atoms with Crippen LogP contribution in [0.1, 0.15) is 13.3 Å². The van der Waals surface area contributed by atoms with Crippen LogP contribution in [0.2, 0.25) is 0 Å². The molecule has 0 amide bonds. The van der Waals surface area contributed by atoms with Gasteiger partial charge < -0.3 is 15.5 Å². The van der Waals surface area contributed by atoms with Gasteiger partial charge in [0.2, 0.25) is 10.0 Å². The SMILES string of the molecule is CCC(CO)(CO)Nc1ccccc1S(N)(=O)=O. The highest BCUT2D eigenvalue weighted by Crippen LogP contribution is 2.24. The number of aliphatic hydroxyl groups is 2. The highest BCUT2D eigenvalue weighted by molar-refractivity contribution is 7.89. The summed E-state index contributed by atoms with van der Waals surface area (Å²) in [5.41, 5.74) is -0.703. The molecule has 18 heavy (non-hydrogen) atoms. The minimum atomic E-state index is -3.86. The van der Waals surface area contributed by atoms with Crippen LogP contribution in [-0.4, -0.2) is 37.4 Å². The molecular weight excluding hydrogens is 256 g/mol. The molecule has 0 aliphatic carbocycles. The standard InChI is InChI=1S/C11H18N2O4S/c1-2-11(7-14,8-15)13-9-5-3-4-6-10(9)18(12,16)17/h3-6,13-15H,2,7-8H2,1H3,(H2,12,16,17). The molecule has 0 bridgehead atoms. The van der Waals surface area contributed by atoms with E-state index in [2.05, 4.69) is 5.32 Å². The van der Waals surface area contributed by atoms with E-state index < -0.39 is 15.6 Å². The zero-order valence-electron chi connectivity index (χ0n) is 10.1. The smallest absolute Gasteiger partial charge is 0.240 e. The molecule has 0 unspecified atom stereocenters. The first-order valence-electron chi connectivity index (χ1n) is 5.50. The number of sulfonamides is 1. The van der Waals surface area contributed by atoms with Gasteiger partial charge in [0.05, 0.1) is 24.4 Å². The Morgan fingerprint density at radius 3 is 2.28 bits per heavy atom. The molecule has 0 radical (unpaired) electrons. The summed E-state index contributed by atoms with van der Waals surface area (Å²) < 4.78 is 22.8. The third-order valence-electron chi connectivity index (χ3n) is 2.88. The Labute approximate surface area is 106 Å². The Morgan fingerprint density at radius 1 is 1.28 bits per heavy atom. The first-order chi connectivity index (χ1) is 8.38. The van der Waals surface area contributed by atoms with E-state index in [1.807, 2.05) is 0 Å². The molecule has 0 aromatic heterocycles. The van der Waals surface area contributed by atoms with Crippen molar-refractivity contribution in [2.45, 2.75) is 23.8 Å². The normalized spacial score (nSPS) is 12.4. The molecule has 1 aromatic rings. The number of hydrogen-bond donors (Lipinski definition) is 4. The van der Waals surface area contributed by atoms with Crippen LogP contribution in [0.15, 0.2) is 29.2 Å². The number of nitrogens with one attached hydrogen (secondary N) is 1. The number of hydrogen-bond acceptors (Lipinski definition) is 5. The lowest BCUT2D eigenvalue weighted by Crippen LogP contribution is -2.45. The molecule has 0 heterocycles. The topological polar surface area (TPSA) is 113 Å². The molecule has 0 saturated heterocycles. The summed E-state index contributed by atoms with van der Waals surface area (Å²) in [5.74, 6) is 0. The van der Waals surface area contributed by atoms with Crippen molar-refractivity contribution >= 4 is 15.7 Å². The highest BCUT2D eigenvalue weighted by Gasteiger charge is 2.28. The van der Waals surface area contributed by atoms with Crippen LogP contribution in [0.4, 0.5) is 5.69 Å². The Hall–Kier alpha value is -1.15. The van der Waals surface area contributed by atoms with Crippen LogP contribution in [0.5, 0.6) is 0 Å². The Balaban J connectivity index is 3.19. The van der Waals surface area contributed by atoms with Crippen LogP contribution >= 0.6 is 0 Å². The van der Waals surface area contributed by atoms with Crippen molar-refractivity contribution in [1.82, 2.24) is 0 Å². The Kier molecular flexibility index (Phi) is 4.69. The fourth-order valence-corrected chi connectivity index (χ4v) is 2.24. The summed E-state index contributed by atoms with van der Waals surface area (Å²) in [6.07, 6.45) is 0.430.